The molecule has 0 spiro atoms. The largest absolute Gasteiger partial charge is 0.507 e. The van der Waals surface area contributed by atoms with E-state index in [-0.39, 0.29) is 49.1 Å². The molecule has 8 aromatic carbocycles. The molecule has 0 amide bonds. The standard InChI is InChI=1S/C48H42O7/c49-21-17-33-25-29-9-1-5-13-37(29)41(45(33)51)43-39-15-7-3-11-31(39)27-35(47(43)53)19-23-55-24-20-36-28-32-12-4-8-16-40(32)44(48(36)54)42-38-14-6-2-10-30(38)26-34(18-22-50)46(42)52/h1-16,25-28,49-54H,17-24H2. The number of fused-ring (bicyclic) bond motifs is 4. The Hall–Kier alpha value is -6.12. The molecule has 8 rings (SSSR count). The summed E-state index contributed by atoms with van der Waals surface area (Å²) < 4.78 is 6.18. The highest BCUT2D eigenvalue weighted by Crippen LogP contribution is 2.49. The molecule has 7 nitrogen and oxygen atoms in total. The molecule has 0 fully saturated rings. The Bertz CT molecular complexity index is 2530. The van der Waals surface area contributed by atoms with Crippen LogP contribution in [0.25, 0.3) is 65.3 Å². The Morgan fingerprint density at radius 1 is 0.345 bits per heavy atom. The smallest absolute Gasteiger partial charge is 0.127 e. The SMILES string of the molecule is OCCc1cc2ccccc2c(-c2c(O)c(CCOCCc3cc4ccccc4c(-c4c(O)c(CCO)cc5ccccc45)c3O)cc3ccccc23)c1O. The number of aliphatic hydroxyl groups excluding tert-OH is 2. The van der Waals surface area contributed by atoms with Gasteiger partial charge in [-0.25, -0.2) is 0 Å². The van der Waals surface area contributed by atoms with E-state index in [9.17, 15) is 30.6 Å². The number of phenolic OH excluding ortho intramolecular Hbond substituents is 4. The summed E-state index contributed by atoms with van der Waals surface area (Å²) in [5.41, 5.74) is 4.69. The first-order valence-electron chi connectivity index (χ1n) is 18.6. The average Bonchev–Trinajstić information content (AvgIpc) is 3.20. The fourth-order valence-electron chi connectivity index (χ4n) is 8.06. The van der Waals surface area contributed by atoms with Gasteiger partial charge in [0.1, 0.15) is 23.0 Å². The molecule has 0 atom stereocenters. The first-order chi connectivity index (χ1) is 26.9. The molecule has 276 valence electrons. The van der Waals surface area contributed by atoms with Gasteiger partial charge in [-0.1, -0.05) is 97.1 Å². The summed E-state index contributed by atoms with van der Waals surface area (Å²) in [5, 5.41) is 73.4. The normalized spacial score (nSPS) is 11.7. The van der Waals surface area contributed by atoms with Crippen LogP contribution in [0.3, 0.4) is 0 Å². The zero-order valence-corrected chi connectivity index (χ0v) is 30.3. The van der Waals surface area contributed by atoms with Crippen LogP contribution in [-0.4, -0.2) is 57.1 Å². The van der Waals surface area contributed by atoms with Crippen molar-refractivity contribution in [2.45, 2.75) is 25.7 Å². The molecule has 0 aliphatic carbocycles. The maximum Gasteiger partial charge on any atom is 0.127 e. The topological polar surface area (TPSA) is 131 Å². The Morgan fingerprint density at radius 2 is 0.600 bits per heavy atom. The Labute approximate surface area is 318 Å². The van der Waals surface area contributed by atoms with Gasteiger partial charge in [0.05, 0.1) is 13.2 Å². The molecule has 0 heterocycles. The fourth-order valence-corrected chi connectivity index (χ4v) is 8.06. The predicted molar refractivity (Wildman–Crippen MR) is 220 cm³/mol. The molecule has 0 unspecified atom stereocenters. The Balaban J connectivity index is 1.11. The monoisotopic (exact) mass is 730 g/mol. The second kappa shape index (κ2) is 15.3. The van der Waals surface area contributed by atoms with Crippen LogP contribution in [0, 0.1) is 0 Å². The molecule has 0 saturated carbocycles. The van der Waals surface area contributed by atoms with E-state index in [0.717, 1.165) is 43.1 Å². The van der Waals surface area contributed by atoms with Crippen molar-refractivity contribution in [2.24, 2.45) is 0 Å². The molecule has 0 aromatic heterocycles. The molecule has 55 heavy (non-hydrogen) atoms. The van der Waals surface area contributed by atoms with Crippen molar-refractivity contribution in [1.29, 1.82) is 0 Å². The van der Waals surface area contributed by atoms with E-state index in [2.05, 4.69) is 0 Å². The lowest BCUT2D eigenvalue weighted by Gasteiger charge is -2.19. The minimum atomic E-state index is -0.120. The van der Waals surface area contributed by atoms with Gasteiger partial charge in [-0.2, -0.15) is 0 Å². The first-order valence-corrected chi connectivity index (χ1v) is 18.6. The molecule has 0 aliphatic rings. The van der Waals surface area contributed by atoms with E-state index in [1.165, 1.54) is 0 Å². The summed E-state index contributed by atoms with van der Waals surface area (Å²) >= 11 is 0. The highest BCUT2D eigenvalue weighted by Gasteiger charge is 2.24. The van der Waals surface area contributed by atoms with Crippen LogP contribution in [0.5, 0.6) is 23.0 Å². The second-order valence-electron chi connectivity index (χ2n) is 14.0. The predicted octanol–water partition coefficient (Wildman–Crippen LogP) is 9.33. The summed E-state index contributed by atoms with van der Waals surface area (Å²) in [6.07, 6.45) is 1.34. The number of rotatable bonds is 12. The molecular formula is C48H42O7. The van der Waals surface area contributed by atoms with Gasteiger partial charge in [-0.15, -0.1) is 0 Å². The van der Waals surface area contributed by atoms with Crippen LogP contribution in [0.1, 0.15) is 22.3 Å². The van der Waals surface area contributed by atoms with Gasteiger partial charge in [0.15, 0.2) is 0 Å². The molecular weight excluding hydrogens is 689 g/mol. The lowest BCUT2D eigenvalue weighted by atomic mass is 9.88. The number of hydrogen-bond acceptors (Lipinski definition) is 7. The van der Waals surface area contributed by atoms with Crippen LogP contribution in [0.4, 0.5) is 0 Å². The van der Waals surface area contributed by atoms with Gasteiger partial charge < -0.3 is 35.4 Å². The molecule has 0 radical (unpaired) electrons. The van der Waals surface area contributed by atoms with E-state index in [1.54, 1.807) is 0 Å². The number of aliphatic hydroxyl groups is 2. The third kappa shape index (κ3) is 6.57. The second-order valence-corrected chi connectivity index (χ2v) is 14.0. The fraction of sp³-hybridized carbons (Fsp3) is 0.167. The Kier molecular flexibility index (Phi) is 10.00. The number of aromatic hydroxyl groups is 4. The zero-order chi connectivity index (χ0) is 38.1. The minimum Gasteiger partial charge on any atom is -0.507 e. The lowest BCUT2D eigenvalue weighted by molar-refractivity contribution is 0.139. The van der Waals surface area contributed by atoms with Gasteiger partial charge in [0.2, 0.25) is 0 Å². The third-order valence-corrected chi connectivity index (χ3v) is 10.7. The Morgan fingerprint density at radius 3 is 0.873 bits per heavy atom. The molecule has 0 bridgehead atoms. The van der Waals surface area contributed by atoms with Crippen molar-refractivity contribution < 1.29 is 35.4 Å². The maximum atomic E-state index is 11.9. The summed E-state index contributed by atoms with van der Waals surface area (Å²) in [7, 11) is 0. The van der Waals surface area contributed by atoms with E-state index in [0.29, 0.717) is 70.6 Å². The van der Waals surface area contributed by atoms with E-state index in [4.69, 9.17) is 4.74 Å². The van der Waals surface area contributed by atoms with Crippen molar-refractivity contribution in [3.63, 3.8) is 0 Å². The molecule has 7 heteroatoms. The summed E-state index contributed by atoms with van der Waals surface area (Å²) in [5.74, 6) is 0.211. The highest BCUT2D eigenvalue weighted by molar-refractivity contribution is 6.12. The summed E-state index contributed by atoms with van der Waals surface area (Å²) in [6.45, 7) is 0.340. The summed E-state index contributed by atoms with van der Waals surface area (Å²) in [4.78, 5) is 0. The van der Waals surface area contributed by atoms with Crippen LogP contribution < -0.4 is 0 Å². The van der Waals surface area contributed by atoms with E-state index >= 15 is 0 Å². The molecule has 0 saturated heterocycles. The van der Waals surface area contributed by atoms with Crippen LogP contribution in [-0.2, 0) is 30.4 Å². The maximum absolute atomic E-state index is 11.9. The van der Waals surface area contributed by atoms with Gasteiger partial charge in [0.25, 0.3) is 0 Å². The third-order valence-electron chi connectivity index (χ3n) is 10.7. The minimum absolute atomic E-state index is 0.0394. The van der Waals surface area contributed by atoms with Gasteiger partial charge >= 0.3 is 0 Å². The highest BCUT2D eigenvalue weighted by atomic mass is 16.5. The van der Waals surface area contributed by atoms with Crippen LogP contribution >= 0.6 is 0 Å². The van der Waals surface area contributed by atoms with Crippen molar-refractivity contribution in [1.82, 2.24) is 0 Å². The van der Waals surface area contributed by atoms with E-state index in [1.807, 2.05) is 121 Å². The van der Waals surface area contributed by atoms with Crippen molar-refractivity contribution >= 4 is 43.1 Å². The molecule has 6 N–H and O–H groups in total. The molecule has 8 aromatic rings. The number of benzene rings is 8. The van der Waals surface area contributed by atoms with Crippen LogP contribution in [0.2, 0.25) is 0 Å². The average molecular weight is 731 g/mol. The molecule has 0 aliphatic heterocycles. The number of ether oxygens (including phenoxy) is 1. The zero-order valence-electron chi connectivity index (χ0n) is 30.3. The quantitative estimate of drug-likeness (QED) is 0.0691. The van der Waals surface area contributed by atoms with Crippen molar-refractivity contribution in [3.8, 4) is 45.3 Å². The first kappa shape index (κ1) is 35.9. The van der Waals surface area contributed by atoms with Gasteiger partial charge in [-0.05, 0) is 115 Å². The lowest BCUT2D eigenvalue weighted by Crippen LogP contribution is -2.04. The number of phenols is 4. The number of hydrogen-bond donors (Lipinski definition) is 6. The van der Waals surface area contributed by atoms with Gasteiger partial charge in [-0.3, -0.25) is 0 Å². The van der Waals surface area contributed by atoms with Gasteiger partial charge in [0, 0.05) is 35.5 Å². The summed E-state index contributed by atoms with van der Waals surface area (Å²) in [6, 6.07) is 38.7. The van der Waals surface area contributed by atoms with Crippen molar-refractivity contribution in [2.75, 3.05) is 26.4 Å². The van der Waals surface area contributed by atoms with Crippen LogP contribution in [0.15, 0.2) is 121 Å². The van der Waals surface area contributed by atoms with E-state index < -0.39 is 0 Å². The van der Waals surface area contributed by atoms with Crippen molar-refractivity contribution in [3.05, 3.63) is 144 Å².